The van der Waals surface area contributed by atoms with Crippen LogP contribution < -0.4 is 0 Å². The van der Waals surface area contributed by atoms with Crippen LogP contribution in [0.3, 0.4) is 0 Å². The molecule has 0 heterocycles. The number of carboxylic acids is 1. The average Bonchev–Trinajstić information content (AvgIpc) is 2.28. The van der Waals surface area contributed by atoms with Gasteiger partial charge in [-0.2, -0.15) is 0 Å². The van der Waals surface area contributed by atoms with Gasteiger partial charge in [-0.05, 0) is 45.0 Å². The topological polar surface area (TPSA) is 40.5 Å². The minimum absolute atomic E-state index is 0.133. The molecule has 0 fully saturated rings. The van der Waals surface area contributed by atoms with Crippen molar-refractivity contribution in [3.8, 4) is 0 Å². The van der Waals surface area contributed by atoms with Crippen molar-refractivity contribution in [3.05, 3.63) is 34.1 Å². The number of benzene rings is 1. The number of carboxylic acid groups (broad SMARTS) is 1. The van der Waals surface area contributed by atoms with E-state index in [2.05, 4.69) is 15.9 Å². The van der Waals surface area contributed by atoms with Gasteiger partial charge in [-0.15, -0.1) is 0 Å². The number of aliphatic carboxylic acids is 1. The highest BCUT2D eigenvalue weighted by molar-refractivity contribution is 9.10. The van der Waals surface area contributed by atoms with Crippen LogP contribution in [-0.2, 0) is 4.79 Å². The van der Waals surface area contributed by atoms with Crippen molar-refractivity contribution in [2.45, 2.75) is 39.3 Å². The first kappa shape index (κ1) is 16.1. The van der Waals surface area contributed by atoms with Gasteiger partial charge < -0.3 is 5.11 Å². The number of halogens is 2. The fourth-order valence-electron chi connectivity index (χ4n) is 2.28. The Morgan fingerprint density at radius 1 is 1.53 bits per heavy atom. The monoisotopic (exact) mass is 331 g/mol. The highest BCUT2D eigenvalue weighted by Crippen LogP contribution is 2.32. The summed E-state index contributed by atoms with van der Waals surface area (Å²) in [4.78, 5) is 13.3. The molecule has 0 aliphatic carbocycles. The highest BCUT2D eigenvalue weighted by atomic mass is 79.9. The Morgan fingerprint density at radius 3 is 2.53 bits per heavy atom. The molecule has 0 saturated heterocycles. The van der Waals surface area contributed by atoms with E-state index in [9.17, 15) is 14.3 Å². The molecule has 1 aromatic carbocycles. The standard InChI is InChI=1S/C14H19BrFNO2/c1-5-17(14(3,4)13(18)19)9(2)11-7-6-10(16)8-12(11)15/h6-9H,5H2,1-4H3,(H,18,19). The minimum atomic E-state index is -0.984. The molecule has 1 aromatic rings. The number of hydrogen-bond acceptors (Lipinski definition) is 2. The molecule has 0 aliphatic heterocycles. The lowest BCUT2D eigenvalue weighted by molar-refractivity contribution is -0.150. The van der Waals surface area contributed by atoms with Crippen LogP contribution in [0.15, 0.2) is 22.7 Å². The lowest BCUT2D eigenvalue weighted by Crippen LogP contribution is -2.51. The maximum atomic E-state index is 13.1. The normalized spacial score (nSPS) is 13.6. The van der Waals surface area contributed by atoms with E-state index in [-0.39, 0.29) is 11.9 Å². The SMILES string of the molecule is CCN(C(C)c1ccc(F)cc1Br)C(C)(C)C(=O)O. The second-order valence-electron chi connectivity index (χ2n) is 4.99. The van der Waals surface area contributed by atoms with Crippen LogP contribution in [0.25, 0.3) is 0 Å². The van der Waals surface area contributed by atoms with Crippen LogP contribution in [0.4, 0.5) is 4.39 Å². The molecule has 0 saturated carbocycles. The highest BCUT2D eigenvalue weighted by Gasteiger charge is 2.37. The molecule has 5 heteroatoms. The fourth-order valence-corrected chi connectivity index (χ4v) is 2.97. The predicted octanol–water partition coefficient (Wildman–Crippen LogP) is 3.83. The van der Waals surface area contributed by atoms with Gasteiger partial charge in [0.25, 0.3) is 0 Å². The third-order valence-electron chi connectivity index (χ3n) is 3.46. The first-order chi connectivity index (χ1) is 8.71. The van der Waals surface area contributed by atoms with Gasteiger partial charge >= 0.3 is 5.97 Å². The van der Waals surface area contributed by atoms with Crippen molar-refractivity contribution in [2.75, 3.05) is 6.54 Å². The summed E-state index contributed by atoms with van der Waals surface area (Å²) in [6, 6.07) is 4.34. The van der Waals surface area contributed by atoms with E-state index < -0.39 is 11.5 Å². The van der Waals surface area contributed by atoms with Crippen LogP contribution in [-0.4, -0.2) is 28.1 Å². The van der Waals surface area contributed by atoms with E-state index in [0.717, 1.165) is 5.56 Å². The summed E-state index contributed by atoms with van der Waals surface area (Å²) >= 11 is 3.33. The maximum Gasteiger partial charge on any atom is 0.323 e. The zero-order valence-corrected chi connectivity index (χ0v) is 13.2. The average molecular weight is 332 g/mol. The quantitative estimate of drug-likeness (QED) is 0.891. The third kappa shape index (κ3) is 3.34. The molecule has 0 bridgehead atoms. The first-order valence-electron chi connectivity index (χ1n) is 6.16. The molecular formula is C14H19BrFNO2. The fraction of sp³-hybridized carbons (Fsp3) is 0.500. The Bertz CT molecular complexity index is 477. The van der Waals surface area contributed by atoms with Gasteiger partial charge in [-0.1, -0.05) is 28.9 Å². The van der Waals surface area contributed by atoms with Crippen LogP contribution >= 0.6 is 15.9 Å². The molecule has 0 aliphatic rings. The molecule has 3 nitrogen and oxygen atoms in total. The smallest absolute Gasteiger partial charge is 0.323 e. The van der Waals surface area contributed by atoms with E-state index >= 15 is 0 Å². The molecule has 1 rings (SSSR count). The van der Waals surface area contributed by atoms with Gasteiger partial charge in [0.15, 0.2) is 0 Å². The van der Waals surface area contributed by atoms with Gasteiger partial charge in [-0.3, -0.25) is 9.69 Å². The van der Waals surface area contributed by atoms with Crippen molar-refractivity contribution in [2.24, 2.45) is 0 Å². The van der Waals surface area contributed by atoms with Crippen LogP contribution in [0, 0.1) is 5.82 Å². The molecule has 0 aromatic heterocycles. The minimum Gasteiger partial charge on any atom is -0.480 e. The molecule has 0 amide bonds. The number of hydrogen-bond donors (Lipinski definition) is 1. The van der Waals surface area contributed by atoms with Gasteiger partial charge in [0.1, 0.15) is 11.4 Å². The zero-order valence-electron chi connectivity index (χ0n) is 11.6. The van der Waals surface area contributed by atoms with Gasteiger partial charge in [-0.25, -0.2) is 4.39 Å². The summed E-state index contributed by atoms with van der Waals surface area (Å²) < 4.78 is 13.8. The van der Waals surface area contributed by atoms with Crippen molar-refractivity contribution in [1.82, 2.24) is 4.90 Å². The van der Waals surface area contributed by atoms with E-state index in [1.807, 2.05) is 18.7 Å². The van der Waals surface area contributed by atoms with E-state index in [4.69, 9.17) is 0 Å². The summed E-state index contributed by atoms with van der Waals surface area (Å²) in [6.07, 6.45) is 0. The van der Waals surface area contributed by atoms with Crippen LogP contribution in [0.5, 0.6) is 0 Å². The van der Waals surface area contributed by atoms with Crippen LogP contribution in [0.2, 0.25) is 0 Å². The second kappa shape index (κ2) is 6.01. The maximum absolute atomic E-state index is 13.1. The number of likely N-dealkylation sites (N-methyl/N-ethyl adjacent to an activating group) is 1. The summed E-state index contributed by atoms with van der Waals surface area (Å²) in [6.45, 7) is 7.77. The second-order valence-corrected chi connectivity index (χ2v) is 5.85. The number of nitrogens with zero attached hydrogens (tertiary/aromatic N) is 1. The number of carbonyl (C=O) groups is 1. The third-order valence-corrected chi connectivity index (χ3v) is 4.15. The predicted molar refractivity (Wildman–Crippen MR) is 76.6 cm³/mol. The lowest BCUT2D eigenvalue weighted by atomic mass is 9.97. The molecular weight excluding hydrogens is 313 g/mol. The summed E-state index contributed by atoms with van der Waals surface area (Å²) in [7, 11) is 0. The molecule has 0 spiro atoms. The van der Waals surface area contributed by atoms with Gasteiger partial charge in [0, 0.05) is 10.5 Å². The van der Waals surface area contributed by atoms with Gasteiger partial charge in [0.05, 0.1) is 0 Å². The largest absolute Gasteiger partial charge is 0.480 e. The summed E-state index contributed by atoms with van der Waals surface area (Å²) in [5.74, 6) is -1.19. The molecule has 1 N–H and O–H groups in total. The van der Waals surface area contributed by atoms with Crippen molar-refractivity contribution >= 4 is 21.9 Å². The van der Waals surface area contributed by atoms with E-state index in [0.29, 0.717) is 11.0 Å². The van der Waals surface area contributed by atoms with E-state index in [1.54, 1.807) is 19.9 Å². The molecule has 106 valence electrons. The summed E-state index contributed by atoms with van der Waals surface area (Å²) in [5, 5.41) is 9.34. The zero-order chi connectivity index (χ0) is 14.8. The molecule has 1 unspecified atom stereocenters. The Labute approximate surface area is 121 Å². The summed E-state index contributed by atoms with van der Waals surface area (Å²) in [5.41, 5.74) is -0.111. The van der Waals surface area contributed by atoms with Crippen LogP contribution in [0.1, 0.15) is 39.3 Å². The molecule has 19 heavy (non-hydrogen) atoms. The van der Waals surface area contributed by atoms with Crippen molar-refractivity contribution in [3.63, 3.8) is 0 Å². The Balaban J connectivity index is 3.15. The van der Waals surface area contributed by atoms with Crippen molar-refractivity contribution in [1.29, 1.82) is 0 Å². The Hall–Kier alpha value is -0.940. The first-order valence-corrected chi connectivity index (χ1v) is 6.96. The Morgan fingerprint density at radius 2 is 2.11 bits per heavy atom. The van der Waals surface area contributed by atoms with Gasteiger partial charge in [0.2, 0.25) is 0 Å². The van der Waals surface area contributed by atoms with Crippen molar-refractivity contribution < 1.29 is 14.3 Å². The molecule has 1 atom stereocenters. The lowest BCUT2D eigenvalue weighted by Gasteiger charge is -2.39. The van der Waals surface area contributed by atoms with E-state index in [1.165, 1.54) is 12.1 Å². The molecule has 0 radical (unpaired) electrons. The Kier molecular flexibility index (Phi) is 5.10. The number of rotatable bonds is 5.